The third-order valence-corrected chi connectivity index (χ3v) is 2.15. The summed E-state index contributed by atoms with van der Waals surface area (Å²) in [7, 11) is 0. The molecule has 3 nitrogen and oxygen atoms in total. The van der Waals surface area contributed by atoms with Crippen LogP contribution < -0.4 is 10.5 Å². The fourth-order valence-corrected chi connectivity index (χ4v) is 1.42. The predicted octanol–water partition coefficient (Wildman–Crippen LogP) is 1.39. The Morgan fingerprint density at radius 2 is 2.21 bits per heavy atom. The fourth-order valence-electron chi connectivity index (χ4n) is 1.42. The molecule has 0 amide bonds. The van der Waals surface area contributed by atoms with Gasteiger partial charge in [-0.1, -0.05) is 6.07 Å². The number of rotatable bonds is 4. The molecule has 1 rings (SSSR count). The summed E-state index contributed by atoms with van der Waals surface area (Å²) in [5, 5.41) is 8.93. The first-order valence-corrected chi connectivity index (χ1v) is 4.78. The van der Waals surface area contributed by atoms with E-state index in [-0.39, 0.29) is 12.6 Å². The van der Waals surface area contributed by atoms with Crippen LogP contribution in [0.2, 0.25) is 0 Å². The molecule has 1 aromatic carbocycles. The highest BCUT2D eigenvalue weighted by Crippen LogP contribution is 2.21. The van der Waals surface area contributed by atoms with Crippen LogP contribution in [0.1, 0.15) is 24.1 Å². The van der Waals surface area contributed by atoms with Gasteiger partial charge in [-0.05, 0) is 37.1 Å². The molecule has 0 aliphatic rings. The summed E-state index contributed by atoms with van der Waals surface area (Å²) in [5.74, 6) is 0.846. The van der Waals surface area contributed by atoms with Crippen molar-refractivity contribution in [2.45, 2.75) is 19.9 Å². The second-order valence-corrected chi connectivity index (χ2v) is 3.24. The van der Waals surface area contributed by atoms with Gasteiger partial charge in [-0.3, -0.25) is 0 Å². The molecule has 3 heteroatoms. The SMILES string of the molecule is CCOc1ccc([C@H](N)CO)c(C)c1. The topological polar surface area (TPSA) is 55.5 Å². The van der Waals surface area contributed by atoms with Gasteiger partial charge in [0, 0.05) is 0 Å². The molecule has 0 aliphatic heterocycles. The van der Waals surface area contributed by atoms with Crippen LogP contribution in [-0.4, -0.2) is 18.3 Å². The maximum atomic E-state index is 8.93. The van der Waals surface area contributed by atoms with Gasteiger partial charge in [-0.2, -0.15) is 0 Å². The fraction of sp³-hybridized carbons (Fsp3) is 0.455. The van der Waals surface area contributed by atoms with E-state index in [0.29, 0.717) is 6.61 Å². The summed E-state index contributed by atoms with van der Waals surface area (Å²) in [6.45, 7) is 4.54. The molecule has 14 heavy (non-hydrogen) atoms. The summed E-state index contributed by atoms with van der Waals surface area (Å²) in [4.78, 5) is 0. The van der Waals surface area contributed by atoms with Gasteiger partial charge in [0.1, 0.15) is 5.75 Å². The van der Waals surface area contributed by atoms with Crippen molar-refractivity contribution < 1.29 is 9.84 Å². The van der Waals surface area contributed by atoms with Gasteiger partial charge in [0.2, 0.25) is 0 Å². The lowest BCUT2D eigenvalue weighted by atomic mass is 10.0. The Balaban J connectivity index is 2.89. The summed E-state index contributed by atoms with van der Waals surface area (Å²) >= 11 is 0. The van der Waals surface area contributed by atoms with Crippen LogP contribution in [0.3, 0.4) is 0 Å². The molecular weight excluding hydrogens is 178 g/mol. The van der Waals surface area contributed by atoms with Gasteiger partial charge < -0.3 is 15.6 Å². The van der Waals surface area contributed by atoms with Crippen molar-refractivity contribution in [1.82, 2.24) is 0 Å². The number of ether oxygens (including phenoxy) is 1. The number of hydrogen-bond acceptors (Lipinski definition) is 3. The Morgan fingerprint density at radius 3 is 2.71 bits per heavy atom. The van der Waals surface area contributed by atoms with Crippen molar-refractivity contribution in [3.8, 4) is 5.75 Å². The molecule has 0 spiro atoms. The smallest absolute Gasteiger partial charge is 0.119 e. The van der Waals surface area contributed by atoms with E-state index in [1.165, 1.54) is 0 Å². The lowest BCUT2D eigenvalue weighted by Crippen LogP contribution is -2.15. The van der Waals surface area contributed by atoms with Crippen molar-refractivity contribution in [3.63, 3.8) is 0 Å². The lowest BCUT2D eigenvalue weighted by Gasteiger charge is -2.13. The van der Waals surface area contributed by atoms with E-state index in [4.69, 9.17) is 15.6 Å². The van der Waals surface area contributed by atoms with E-state index < -0.39 is 0 Å². The average Bonchev–Trinajstić information content (AvgIpc) is 2.17. The Labute approximate surface area is 84.5 Å². The van der Waals surface area contributed by atoms with Crippen LogP contribution in [0.15, 0.2) is 18.2 Å². The average molecular weight is 195 g/mol. The Morgan fingerprint density at radius 1 is 1.50 bits per heavy atom. The molecule has 0 heterocycles. The zero-order chi connectivity index (χ0) is 10.6. The number of nitrogens with two attached hydrogens (primary N) is 1. The number of hydrogen-bond donors (Lipinski definition) is 2. The molecule has 0 unspecified atom stereocenters. The van der Waals surface area contributed by atoms with Crippen LogP contribution in [0.4, 0.5) is 0 Å². The quantitative estimate of drug-likeness (QED) is 0.763. The molecule has 1 atom stereocenters. The van der Waals surface area contributed by atoms with E-state index >= 15 is 0 Å². The minimum atomic E-state index is -0.300. The minimum absolute atomic E-state index is 0.0329. The highest BCUT2D eigenvalue weighted by atomic mass is 16.5. The van der Waals surface area contributed by atoms with Gasteiger partial charge in [-0.15, -0.1) is 0 Å². The highest BCUT2D eigenvalue weighted by molar-refractivity contribution is 5.36. The van der Waals surface area contributed by atoms with Crippen molar-refractivity contribution >= 4 is 0 Å². The lowest BCUT2D eigenvalue weighted by molar-refractivity contribution is 0.267. The normalized spacial score (nSPS) is 12.6. The van der Waals surface area contributed by atoms with Crippen molar-refractivity contribution in [3.05, 3.63) is 29.3 Å². The molecule has 0 fully saturated rings. The van der Waals surface area contributed by atoms with Crippen LogP contribution in [0.25, 0.3) is 0 Å². The summed E-state index contributed by atoms with van der Waals surface area (Å²) in [6.07, 6.45) is 0. The Bertz CT molecular complexity index is 299. The highest BCUT2D eigenvalue weighted by Gasteiger charge is 2.07. The molecule has 78 valence electrons. The number of aliphatic hydroxyl groups is 1. The first kappa shape index (κ1) is 11.0. The molecule has 0 aliphatic carbocycles. The van der Waals surface area contributed by atoms with Gasteiger partial charge in [0.25, 0.3) is 0 Å². The molecule has 1 aromatic rings. The van der Waals surface area contributed by atoms with Crippen LogP contribution in [0.5, 0.6) is 5.75 Å². The van der Waals surface area contributed by atoms with Crippen LogP contribution in [0, 0.1) is 6.92 Å². The molecule has 0 saturated heterocycles. The molecule has 3 N–H and O–H groups in total. The maximum Gasteiger partial charge on any atom is 0.119 e. The largest absolute Gasteiger partial charge is 0.494 e. The third kappa shape index (κ3) is 2.47. The monoisotopic (exact) mass is 195 g/mol. The Kier molecular flexibility index (Phi) is 3.92. The molecule has 0 aromatic heterocycles. The molecule has 0 radical (unpaired) electrons. The predicted molar refractivity (Wildman–Crippen MR) is 56.4 cm³/mol. The van der Waals surface area contributed by atoms with Crippen molar-refractivity contribution in [1.29, 1.82) is 0 Å². The summed E-state index contributed by atoms with van der Waals surface area (Å²) in [6, 6.07) is 5.42. The Hall–Kier alpha value is -1.06. The number of aryl methyl sites for hydroxylation is 1. The number of benzene rings is 1. The van der Waals surface area contributed by atoms with Gasteiger partial charge in [-0.25, -0.2) is 0 Å². The first-order chi connectivity index (χ1) is 6.69. The van der Waals surface area contributed by atoms with Gasteiger partial charge >= 0.3 is 0 Å². The maximum absolute atomic E-state index is 8.93. The van der Waals surface area contributed by atoms with Gasteiger partial charge in [0.05, 0.1) is 19.3 Å². The molecular formula is C11H17NO2. The number of aliphatic hydroxyl groups excluding tert-OH is 1. The van der Waals surface area contributed by atoms with E-state index in [1.54, 1.807) is 0 Å². The zero-order valence-electron chi connectivity index (χ0n) is 8.66. The van der Waals surface area contributed by atoms with E-state index in [0.717, 1.165) is 16.9 Å². The second kappa shape index (κ2) is 4.98. The van der Waals surface area contributed by atoms with E-state index in [2.05, 4.69) is 0 Å². The van der Waals surface area contributed by atoms with E-state index in [1.807, 2.05) is 32.0 Å². The molecule has 0 bridgehead atoms. The minimum Gasteiger partial charge on any atom is -0.494 e. The van der Waals surface area contributed by atoms with Crippen molar-refractivity contribution in [2.24, 2.45) is 5.73 Å². The van der Waals surface area contributed by atoms with Gasteiger partial charge in [0.15, 0.2) is 0 Å². The van der Waals surface area contributed by atoms with Crippen molar-refractivity contribution in [2.75, 3.05) is 13.2 Å². The van der Waals surface area contributed by atoms with Crippen LogP contribution >= 0.6 is 0 Å². The van der Waals surface area contributed by atoms with Crippen LogP contribution in [-0.2, 0) is 0 Å². The zero-order valence-corrected chi connectivity index (χ0v) is 8.66. The standard InChI is InChI=1S/C11H17NO2/c1-3-14-9-4-5-10(8(2)6-9)11(12)7-13/h4-6,11,13H,3,7,12H2,1-2H3/t11-/m1/s1. The first-order valence-electron chi connectivity index (χ1n) is 4.78. The summed E-state index contributed by atoms with van der Waals surface area (Å²) in [5.41, 5.74) is 7.75. The third-order valence-electron chi connectivity index (χ3n) is 2.15. The summed E-state index contributed by atoms with van der Waals surface area (Å²) < 4.78 is 5.35. The van der Waals surface area contributed by atoms with E-state index in [9.17, 15) is 0 Å². The second-order valence-electron chi connectivity index (χ2n) is 3.24. The molecule has 0 saturated carbocycles.